The number of fused-ring (bicyclic) bond motifs is 1. The van der Waals surface area contributed by atoms with Gasteiger partial charge in [0.2, 0.25) is 0 Å². The van der Waals surface area contributed by atoms with Crippen LogP contribution in [0, 0.1) is 5.92 Å². The summed E-state index contributed by atoms with van der Waals surface area (Å²) in [6, 6.07) is 3.26. The second-order valence-corrected chi connectivity index (χ2v) is 8.35. The summed E-state index contributed by atoms with van der Waals surface area (Å²) in [6.45, 7) is 4.99. The highest BCUT2D eigenvalue weighted by molar-refractivity contribution is 6.31. The number of nitrogens with one attached hydrogen (secondary N) is 1. The smallest absolute Gasteiger partial charge is 0.255 e. The van der Waals surface area contributed by atoms with E-state index in [-0.39, 0.29) is 18.1 Å². The minimum Gasteiger partial charge on any atom is -0.489 e. The third kappa shape index (κ3) is 5.36. The van der Waals surface area contributed by atoms with Gasteiger partial charge in [-0.15, -0.1) is 0 Å². The van der Waals surface area contributed by atoms with Crippen LogP contribution in [0.4, 0.5) is 0 Å². The first-order valence-corrected chi connectivity index (χ1v) is 11.0. The maximum Gasteiger partial charge on any atom is 0.255 e. The molecule has 0 aliphatic carbocycles. The molecule has 3 heterocycles. The Kier molecular flexibility index (Phi) is 7.32. The largest absolute Gasteiger partial charge is 0.489 e. The van der Waals surface area contributed by atoms with Gasteiger partial charge < -0.3 is 34.3 Å². The molecular formula is C21H29ClN2O6. The Morgan fingerprint density at radius 2 is 2.00 bits per heavy atom. The molecule has 3 aliphatic heterocycles. The van der Waals surface area contributed by atoms with Gasteiger partial charge in [-0.05, 0) is 19.0 Å². The lowest BCUT2D eigenvalue weighted by Gasteiger charge is -2.36. The summed E-state index contributed by atoms with van der Waals surface area (Å²) in [5, 5.41) is 13.9. The molecule has 0 aromatic heterocycles. The predicted molar refractivity (Wildman–Crippen MR) is 110 cm³/mol. The lowest BCUT2D eigenvalue weighted by molar-refractivity contribution is -0.0576. The third-order valence-electron chi connectivity index (χ3n) is 5.76. The van der Waals surface area contributed by atoms with E-state index in [1.807, 2.05) is 0 Å². The summed E-state index contributed by atoms with van der Waals surface area (Å²) in [5.41, 5.74) is 0.364. The number of halogens is 1. The van der Waals surface area contributed by atoms with Gasteiger partial charge in [0, 0.05) is 49.5 Å². The maximum absolute atomic E-state index is 12.8. The number of rotatable bonds is 6. The molecule has 0 bridgehead atoms. The van der Waals surface area contributed by atoms with Gasteiger partial charge in [0.15, 0.2) is 17.8 Å². The monoisotopic (exact) mass is 440 g/mol. The van der Waals surface area contributed by atoms with E-state index in [1.54, 1.807) is 12.1 Å². The average Bonchev–Trinajstić information content (AvgIpc) is 3.15. The number of benzene rings is 1. The number of aliphatic hydroxyl groups excluding tert-OH is 1. The molecule has 0 saturated carbocycles. The van der Waals surface area contributed by atoms with Crippen LogP contribution < -0.4 is 14.8 Å². The van der Waals surface area contributed by atoms with Gasteiger partial charge in [0.1, 0.15) is 0 Å². The van der Waals surface area contributed by atoms with Gasteiger partial charge in [-0.25, -0.2) is 0 Å². The summed E-state index contributed by atoms with van der Waals surface area (Å²) in [5.74, 6) is 0.651. The molecule has 2 N–H and O–H groups in total. The molecule has 1 aromatic rings. The highest BCUT2D eigenvalue weighted by atomic mass is 35.5. The Balaban J connectivity index is 1.29. The maximum atomic E-state index is 12.8. The molecule has 2 saturated heterocycles. The summed E-state index contributed by atoms with van der Waals surface area (Å²) in [4.78, 5) is 15.0. The number of β-amino-alcohol motifs (C(OH)–C–C–N with tert-alkyl or cyclic N) is 1. The zero-order valence-corrected chi connectivity index (χ0v) is 17.7. The van der Waals surface area contributed by atoms with Crippen LogP contribution in [0.2, 0.25) is 5.02 Å². The van der Waals surface area contributed by atoms with E-state index in [2.05, 4.69) is 10.2 Å². The van der Waals surface area contributed by atoms with Crippen LogP contribution in [0.15, 0.2) is 12.1 Å². The fourth-order valence-electron chi connectivity index (χ4n) is 4.08. The van der Waals surface area contributed by atoms with Crippen molar-refractivity contribution in [2.24, 2.45) is 5.92 Å². The van der Waals surface area contributed by atoms with E-state index in [4.69, 9.17) is 30.5 Å². The molecule has 2 fully saturated rings. The second kappa shape index (κ2) is 10.2. The zero-order chi connectivity index (χ0) is 20.9. The van der Waals surface area contributed by atoms with Gasteiger partial charge >= 0.3 is 0 Å². The van der Waals surface area contributed by atoms with Crippen LogP contribution >= 0.6 is 11.6 Å². The number of carbonyl (C=O) groups excluding carboxylic acids is 1. The van der Waals surface area contributed by atoms with E-state index in [0.717, 1.165) is 32.4 Å². The van der Waals surface area contributed by atoms with Crippen molar-refractivity contribution in [3.8, 4) is 11.5 Å². The van der Waals surface area contributed by atoms with Gasteiger partial charge in [-0.1, -0.05) is 11.6 Å². The van der Waals surface area contributed by atoms with E-state index in [9.17, 15) is 9.90 Å². The number of amides is 1. The molecule has 0 spiro atoms. The zero-order valence-electron chi connectivity index (χ0n) is 17.0. The van der Waals surface area contributed by atoms with E-state index in [0.29, 0.717) is 61.6 Å². The van der Waals surface area contributed by atoms with Crippen LogP contribution in [-0.4, -0.2) is 80.9 Å². The minimum absolute atomic E-state index is 0.000799. The molecule has 3 aliphatic rings. The highest BCUT2D eigenvalue weighted by Crippen LogP contribution is 2.36. The molecule has 1 amide bonds. The van der Waals surface area contributed by atoms with Crippen molar-refractivity contribution < 1.29 is 28.8 Å². The normalized spacial score (nSPS) is 25.1. The van der Waals surface area contributed by atoms with Crippen LogP contribution in [-0.2, 0) is 9.47 Å². The van der Waals surface area contributed by atoms with Crippen molar-refractivity contribution in [1.29, 1.82) is 0 Å². The van der Waals surface area contributed by atoms with Crippen molar-refractivity contribution in [2.75, 3.05) is 52.6 Å². The number of likely N-dealkylation sites (tertiary alicyclic amines) is 1. The molecule has 8 nitrogen and oxygen atoms in total. The number of ether oxygens (including phenoxy) is 4. The molecule has 166 valence electrons. The van der Waals surface area contributed by atoms with E-state index >= 15 is 0 Å². The van der Waals surface area contributed by atoms with Crippen molar-refractivity contribution in [3.63, 3.8) is 0 Å². The van der Waals surface area contributed by atoms with Crippen LogP contribution in [0.5, 0.6) is 11.5 Å². The summed E-state index contributed by atoms with van der Waals surface area (Å²) in [6.07, 6.45) is 1.73. The molecule has 2 atom stereocenters. The van der Waals surface area contributed by atoms with Gasteiger partial charge in [0.05, 0.1) is 38.1 Å². The Morgan fingerprint density at radius 1 is 1.20 bits per heavy atom. The Morgan fingerprint density at radius 3 is 2.80 bits per heavy atom. The van der Waals surface area contributed by atoms with Crippen molar-refractivity contribution >= 4 is 17.5 Å². The molecule has 1 aromatic carbocycles. The number of aliphatic hydroxyl groups is 1. The van der Waals surface area contributed by atoms with Gasteiger partial charge in [0.25, 0.3) is 5.91 Å². The standard InChI is InChI=1S/C21H29ClN2O6/c22-15-10-16(20-18(11-15)27-6-1-7-30-20)21(26)23-12-14-2-4-24(13-17(14)25)5-3-19-28-8-9-29-19/h10-11,14,17,19,25H,1-9,12-13H2,(H,23,26)/t14-,17?/m0/s1. The fourth-order valence-corrected chi connectivity index (χ4v) is 4.28. The fraction of sp³-hybridized carbons (Fsp3) is 0.667. The second-order valence-electron chi connectivity index (χ2n) is 7.92. The Labute approximate surface area is 181 Å². The van der Waals surface area contributed by atoms with E-state index in [1.165, 1.54) is 0 Å². The molecule has 1 unspecified atom stereocenters. The van der Waals surface area contributed by atoms with Crippen LogP contribution in [0.1, 0.15) is 29.6 Å². The number of nitrogens with zero attached hydrogens (tertiary/aromatic N) is 1. The Bertz CT molecular complexity index is 742. The number of hydrogen-bond acceptors (Lipinski definition) is 7. The van der Waals surface area contributed by atoms with Gasteiger partial charge in [-0.3, -0.25) is 4.79 Å². The minimum atomic E-state index is -0.500. The highest BCUT2D eigenvalue weighted by Gasteiger charge is 2.29. The first kappa shape index (κ1) is 21.6. The first-order chi connectivity index (χ1) is 14.6. The molecular weight excluding hydrogens is 412 g/mol. The van der Waals surface area contributed by atoms with E-state index < -0.39 is 6.10 Å². The lowest BCUT2D eigenvalue weighted by Crippen LogP contribution is -2.48. The van der Waals surface area contributed by atoms with Crippen LogP contribution in [0.25, 0.3) is 0 Å². The lowest BCUT2D eigenvalue weighted by atomic mass is 9.93. The summed E-state index contributed by atoms with van der Waals surface area (Å²) < 4.78 is 22.3. The topological polar surface area (TPSA) is 89.5 Å². The molecule has 4 rings (SSSR count). The molecule has 9 heteroatoms. The van der Waals surface area contributed by atoms with Crippen LogP contribution in [0.3, 0.4) is 0 Å². The molecule has 30 heavy (non-hydrogen) atoms. The van der Waals surface area contributed by atoms with Crippen molar-refractivity contribution in [1.82, 2.24) is 10.2 Å². The number of hydrogen-bond donors (Lipinski definition) is 2. The summed E-state index contributed by atoms with van der Waals surface area (Å²) in [7, 11) is 0. The average molecular weight is 441 g/mol. The quantitative estimate of drug-likeness (QED) is 0.695. The van der Waals surface area contributed by atoms with Crippen molar-refractivity contribution in [2.45, 2.75) is 31.7 Å². The Hall–Kier alpha value is -1.58. The molecule has 0 radical (unpaired) electrons. The number of piperidine rings is 1. The summed E-state index contributed by atoms with van der Waals surface area (Å²) >= 11 is 6.17. The SMILES string of the molecule is O=C(NC[C@@H]1CCN(CCC2OCCO2)CC1O)c1cc(Cl)cc2c1OCCCO2. The first-order valence-electron chi connectivity index (χ1n) is 10.6. The predicted octanol–water partition coefficient (Wildman–Crippen LogP) is 1.68. The van der Waals surface area contributed by atoms with Crippen molar-refractivity contribution in [3.05, 3.63) is 22.7 Å². The number of carbonyl (C=O) groups is 1. The third-order valence-corrected chi connectivity index (χ3v) is 5.98. The van der Waals surface area contributed by atoms with Gasteiger partial charge in [-0.2, -0.15) is 0 Å².